The second-order valence-corrected chi connectivity index (χ2v) is 5.99. The minimum Gasteiger partial charge on any atom is -0.493 e. The Morgan fingerprint density at radius 1 is 1.00 bits per heavy atom. The average Bonchev–Trinajstić information content (AvgIpc) is 3.13. The Morgan fingerprint density at radius 3 is 2.56 bits per heavy atom. The van der Waals surface area contributed by atoms with E-state index in [0.717, 1.165) is 28.1 Å². The fourth-order valence-electron chi connectivity index (χ4n) is 2.90. The Balaban J connectivity index is 1.73. The van der Waals surface area contributed by atoms with E-state index < -0.39 is 0 Å². The number of anilines is 2. The summed E-state index contributed by atoms with van der Waals surface area (Å²) in [6.07, 6.45) is 5.49. The van der Waals surface area contributed by atoms with Crippen molar-refractivity contribution in [3.05, 3.63) is 60.6 Å². The minimum atomic E-state index is 0.494. The van der Waals surface area contributed by atoms with Gasteiger partial charge in [-0.3, -0.25) is 4.57 Å². The average molecular weight is 361 g/mol. The first-order chi connectivity index (χ1) is 13.2. The molecule has 7 nitrogen and oxygen atoms in total. The van der Waals surface area contributed by atoms with Crippen LogP contribution in [0.4, 0.5) is 11.6 Å². The summed E-state index contributed by atoms with van der Waals surface area (Å²) in [6, 6.07) is 11.5. The minimum absolute atomic E-state index is 0.494. The van der Waals surface area contributed by atoms with E-state index in [0.29, 0.717) is 17.4 Å². The molecule has 3 aromatic heterocycles. The molecule has 136 valence electrons. The van der Waals surface area contributed by atoms with E-state index in [2.05, 4.69) is 20.3 Å². The van der Waals surface area contributed by atoms with Crippen LogP contribution in [0.15, 0.2) is 55.0 Å². The van der Waals surface area contributed by atoms with E-state index in [9.17, 15) is 0 Å². The van der Waals surface area contributed by atoms with Crippen LogP contribution >= 0.6 is 0 Å². The zero-order valence-corrected chi connectivity index (χ0v) is 15.3. The number of nitrogens with one attached hydrogen (secondary N) is 1. The van der Waals surface area contributed by atoms with Crippen LogP contribution in [0.1, 0.15) is 5.56 Å². The highest BCUT2D eigenvalue weighted by molar-refractivity contribution is 5.78. The van der Waals surface area contributed by atoms with Gasteiger partial charge in [0.25, 0.3) is 0 Å². The summed E-state index contributed by atoms with van der Waals surface area (Å²) in [5.41, 5.74) is 2.63. The number of methoxy groups -OCH3 is 2. The zero-order chi connectivity index (χ0) is 18.8. The van der Waals surface area contributed by atoms with Crippen molar-refractivity contribution in [2.75, 3.05) is 19.5 Å². The predicted molar refractivity (Wildman–Crippen MR) is 104 cm³/mol. The SMILES string of the molecule is COc1cc(C)c(Nc2ncc3ccn(-c4ccccn4)c3n2)cc1OC. The number of nitrogens with zero attached hydrogens (tertiary/aromatic N) is 4. The van der Waals surface area contributed by atoms with Crippen molar-refractivity contribution >= 4 is 22.7 Å². The smallest absolute Gasteiger partial charge is 0.229 e. The maximum Gasteiger partial charge on any atom is 0.229 e. The third-order valence-corrected chi connectivity index (χ3v) is 4.30. The Morgan fingerprint density at radius 2 is 1.81 bits per heavy atom. The van der Waals surface area contributed by atoms with E-state index in [1.807, 2.05) is 54.1 Å². The van der Waals surface area contributed by atoms with Crippen LogP contribution < -0.4 is 14.8 Å². The number of fused-ring (bicyclic) bond motifs is 1. The van der Waals surface area contributed by atoms with Gasteiger partial charge in [0.1, 0.15) is 5.82 Å². The van der Waals surface area contributed by atoms with Gasteiger partial charge in [-0.15, -0.1) is 0 Å². The van der Waals surface area contributed by atoms with Gasteiger partial charge in [0.15, 0.2) is 17.1 Å². The summed E-state index contributed by atoms with van der Waals surface area (Å²) < 4.78 is 12.7. The second-order valence-electron chi connectivity index (χ2n) is 5.99. The van der Waals surface area contributed by atoms with Crippen molar-refractivity contribution in [3.63, 3.8) is 0 Å². The van der Waals surface area contributed by atoms with E-state index in [1.165, 1.54) is 0 Å². The molecule has 7 heteroatoms. The summed E-state index contributed by atoms with van der Waals surface area (Å²) in [6.45, 7) is 1.99. The van der Waals surface area contributed by atoms with Crippen molar-refractivity contribution in [3.8, 4) is 17.3 Å². The van der Waals surface area contributed by atoms with Gasteiger partial charge in [-0.25, -0.2) is 9.97 Å². The van der Waals surface area contributed by atoms with Crippen molar-refractivity contribution in [1.29, 1.82) is 0 Å². The van der Waals surface area contributed by atoms with Gasteiger partial charge in [0, 0.05) is 35.7 Å². The van der Waals surface area contributed by atoms with Crippen LogP contribution in [0.3, 0.4) is 0 Å². The van der Waals surface area contributed by atoms with Gasteiger partial charge < -0.3 is 14.8 Å². The monoisotopic (exact) mass is 361 g/mol. The lowest BCUT2D eigenvalue weighted by Crippen LogP contribution is -2.02. The molecule has 0 atom stereocenters. The Labute approximate surface area is 156 Å². The lowest BCUT2D eigenvalue weighted by molar-refractivity contribution is 0.355. The van der Waals surface area contributed by atoms with Crippen molar-refractivity contribution in [2.24, 2.45) is 0 Å². The van der Waals surface area contributed by atoms with Crippen LogP contribution in [0.25, 0.3) is 16.9 Å². The summed E-state index contributed by atoms with van der Waals surface area (Å²) in [4.78, 5) is 13.5. The van der Waals surface area contributed by atoms with Gasteiger partial charge in [0.05, 0.1) is 14.2 Å². The Hall–Kier alpha value is -3.61. The van der Waals surface area contributed by atoms with Crippen LogP contribution in [0.2, 0.25) is 0 Å². The largest absolute Gasteiger partial charge is 0.493 e. The fourth-order valence-corrected chi connectivity index (χ4v) is 2.90. The van der Waals surface area contributed by atoms with E-state index in [4.69, 9.17) is 9.47 Å². The highest BCUT2D eigenvalue weighted by Gasteiger charge is 2.11. The zero-order valence-electron chi connectivity index (χ0n) is 15.3. The molecule has 0 fully saturated rings. The Kier molecular flexibility index (Phi) is 4.33. The third-order valence-electron chi connectivity index (χ3n) is 4.30. The molecule has 0 amide bonds. The number of benzene rings is 1. The molecule has 1 N–H and O–H groups in total. The molecule has 0 bridgehead atoms. The van der Waals surface area contributed by atoms with Crippen LogP contribution in [-0.2, 0) is 0 Å². The molecular weight excluding hydrogens is 342 g/mol. The molecule has 0 saturated carbocycles. The van der Waals surface area contributed by atoms with E-state index in [1.54, 1.807) is 26.6 Å². The van der Waals surface area contributed by atoms with Crippen LogP contribution in [-0.4, -0.2) is 33.7 Å². The molecule has 4 aromatic rings. The molecule has 0 aliphatic heterocycles. The molecule has 4 rings (SSSR count). The predicted octanol–water partition coefficient (Wildman–Crippen LogP) is 3.88. The standard InChI is InChI=1S/C20H19N5O2/c1-13-10-16(26-2)17(27-3)11-15(13)23-20-22-12-14-7-9-25(19(14)24-20)18-6-4-5-8-21-18/h4-12H,1-3H3,(H,22,23,24). The number of ether oxygens (including phenoxy) is 2. The summed E-state index contributed by atoms with van der Waals surface area (Å²) in [5, 5.41) is 4.21. The highest BCUT2D eigenvalue weighted by Crippen LogP contribution is 2.34. The highest BCUT2D eigenvalue weighted by atomic mass is 16.5. The molecular formula is C20H19N5O2. The molecule has 0 aliphatic rings. The van der Waals surface area contributed by atoms with Crippen LogP contribution in [0.5, 0.6) is 11.5 Å². The molecule has 0 aliphatic carbocycles. The third kappa shape index (κ3) is 3.15. The van der Waals surface area contributed by atoms with Gasteiger partial charge >= 0.3 is 0 Å². The van der Waals surface area contributed by atoms with E-state index >= 15 is 0 Å². The second kappa shape index (κ2) is 6.95. The molecule has 0 spiro atoms. The number of rotatable bonds is 5. The number of hydrogen-bond donors (Lipinski definition) is 1. The van der Waals surface area contributed by atoms with Gasteiger partial charge in [-0.05, 0) is 36.8 Å². The molecule has 3 heterocycles. The fraction of sp³-hybridized carbons (Fsp3) is 0.150. The lowest BCUT2D eigenvalue weighted by Gasteiger charge is -2.13. The van der Waals surface area contributed by atoms with Crippen LogP contribution in [0, 0.1) is 6.92 Å². The first-order valence-electron chi connectivity index (χ1n) is 8.45. The molecule has 1 aromatic carbocycles. The first-order valence-corrected chi connectivity index (χ1v) is 8.45. The molecule has 0 saturated heterocycles. The van der Waals surface area contributed by atoms with Gasteiger partial charge in [0.2, 0.25) is 5.95 Å². The first kappa shape index (κ1) is 16.8. The number of pyridine rings is 1. The number of aryl methyl sites for hydroxylation is 1. The topological polar surface area (TPSA) is 74.1 Å². The number of aromatic nitrogens is 4. The van der Waals surface area contributed by atoms with Gasteiger partial charge in [-0.2, -0.15) is 4.98 Å². The quantitative estimate of drug-likeness (QED) is 0.581. The molecule has 0 radical (unpaired) electrons. The van der Waals surface area contributed by atoms with Crippen molar-refractivity contribution < 1.29 is 9.47 Å². The van der Waals surface area contributed by atoms with Crippen molar-refractivity contribution in [1.82, 2.24) is 19.5 Å². The molecule has 27 heavy (non-hydrogen) atoms. The van der Waals surface area contributed by atoms with Gasteiger partial charge in [-0.1, -0.05) is 6.07 Å². The van der Waals surface area contributed by atoms with Crippen molar-refractivity contribution in [2.45, 2.75) is 6.92 Å². The van der Waals surface area contributed by atoms with E-state index in [-0.39, 0.29) is 0 Å². The lowest BCUT2D eigenvalue weighted by atomic mass is 10.1. The Bertz CT molecular complexity index is 1090. The summed E-state index contributed by atoms with van der Waals surface area (Å²) in [5.74, 6) is 2.62. The maximum absolute atomic E-state index is 5.39. The summed E-state index contributed by atoms with van der Waals surface area (Å²) in [7, 11) is 3.23. The molecule has 0 unspecified atom stereocenters. The maximum atomic E-state index is 5.39. The normalized spacial score (nSPS) is 10.8. The summed E-state index contributed by atoms with van der Waals surface area (Å²) >= 11 is 0. The number of hydrogen-bond acceptors (Lipinski definition) is 6.